The van der Waals surface area contributed by atoms with E-state index in [1.807, 2.05) is 18.2 Å². The Kier molecular flexibility index (Phi) is 3.13. The number of halogens is 1. The first kappa shape index (κ1) is 9.09. The first-order valence-electron chi connectivity index (χ1n) is 3.92. The maximum absolute atomic E-state index is 8.54. The molecular weight excluding hydrogens is 170 g/mol. The first-order chi connectivity index (χ1) is 5.77. The fourth-order valence-corrected chi connectivity index (χ4v) is 1.38. The van der Waals surface area contributed by atoms with Crippen molar-refractivity contribution >= 4 is 11.6 Å². The van der Waals surface area contributed by atoms with Gasteiger partial charge >= 0.3 is 0 Å². The van der Waals surface area contributed by atoms with E-state index in [4.69, 9.17) is 16.9 Å². The monoisotopic (exact) mass is 179 g/mol. The van der Waals surface area contributed by atoms with Gasteiger partial charge < -0.3 is 0 Å². The number of rotatable bonds is 2. The minimum atomic E-state index is 0.448. The van der Waals surface area contributed by atoms with Gasteiger partial charge in [0.2, 0.25) is 0 Å². The van der Waals surface area contributed by atoms with Crippen LogP contribution in [0.4, 0.5) is 0 Å². The second-order valence-electron chi connectivity index (χ2n) is 2.60. The Bertz CT molecular complexity index is 312. The second kappa shape index (κ2) is 4.13. The third kappa shape index (κ3) is 1.99. The lowest BCUT2D eigenvalue weighted by molar-refractivity contribution is 1.08. The number of hydrogen-bond donors (Lipinski definition) is 0. The van der Waals surface area contributed by atoms with Crippen molar-refractivity contribution in [1.82, 2.24) is 0 Å². The molecule has 0 aromatic heterocycles. The van der Waals surface area contributed by atoms with E-state index in [0.717, 1.165) is 12.0 Å². The highest BCUT2D eigenvalue weighted by Gasteiger charge is 2.00. The molecule has 0 unspecified atom stereocenters. The molecular formula is C10H10ClN. The molecule has 0 amide bonds. The molecule has 1 nitrogen and oxygen atoms in total. The van der Waals surface area contributed by atoms with E-state index >= 15 is 0 Å². The Morgan fingerprint density at radius 3 is 2.75 bits per heavy atom. The maximum Gasteiger partial charge on any atom is 0.0669 e. The lowest BCUT2D eigenvalue weighted by Crippen LogP contribution is -1.90. The number of nitrogens with zero attached hydrogens (tertiary/aromatic N) is 1. The van der Waals surface area contributed by atoms with E-state index in [2.05, 4.69) is 13.0 Å². The van der Waals surface area contributed by atoms with Gasteiger partial charge in [0.15, 0.2) is 0 Å². The van der Waals surface area contributed by atoms with Crippen LogP contribution in [0.1, 0.15) is 18.1 Å². The standard InChI is InChI=1S/C10H10ClN/c1-2-8-3-4-10(11)7-9(8)5-6-12/h3-4,7H,2,5H2,1H3. The summed E-state index contributed by atoms with van der Waals surface area (Å²) in [7, 11) is 0. The van der Waals surface area contributed by atoms with Crippen molar-refractivity contribution in [1.29, 1.82) is 5.26 Å². The molecule has 0 spiro atoms. The molecule has 0 saturated heterocycles. The summed E-state index contributed by atoms with van der Waals surface area (Å²) in [6.07, 6.45) is 1.40. The fourth-order valence-electron chi connectivity index (χ4n) is 1.19. The van der Waals surface area contributed by atoms with Gasteiger partial charge in [0.1, 0.15) is 0 Å². The normalized spacial score (nSPS) is 9.42. The Morgan fingerprint density at radius 1 is 1.42 bits per heavy atom. The van der Waals surface area contributed by atoms with Gasteiger partial charge in [-0.15, -0.1) is 0 Å². The molecule has 0 saturated carbocycles. The fraction of sp³-hybridized carbons (Fsp3) is 0.300. The second-order valence-corrected chi connectivity index (χ2v) is 3.04. The first-order valence-corrected chi connectivity index (χ1v) is 4.30. The quantitative estimate of drug-likeness (QED) is 0.685. The Balaban J connectivity index is 3.05. The van der Waals surface area contributed by atoms with Gasteiger partial charge in [-0.25, -0.2) is 0 Å². The zero-order chi connectivity index (χ0) is 8.97. The van der Waals surface area contributed by atoms with Crippen molar-refractivity contribution < 1.29 is 0 Å². The molecule has 0 atom stereocenters. The SMILES string of the molecule is CCc1ccc(Cl)cc1CC#N. The van der Waals surface area contributed by atoms with Gasteiger partial charge in [-0.2, -0.15) is 5.26 Å². The largest absolute Gasteiger partial charge is 0.198 e. The highest BCUT2D eigenvalue weighted by Crippen LogP contribution is 2.16. The zero-order valence-electron chi connectivity index (χ0n) is 6.97. The van der Waals surface area contributed by atoms with E-state index in [1.165, 1.54) is 5.56 Å². The maximum atomic E-state index is 8.54. The van der Waals surface area contributed by atoms with Crippen LogP contribution in [0.25, 0.3) is 0 Å². The average Bonchev–Trinajstić information content (AvgIpc) is 2.05. The number of benzene rings is 1. The highest BCUT2D eigenvalue weighted by atomic mass is 35.5. The van der Waals surface area contributed by atoms with Gasteiger partial charge in [0.05, 0.1) is 12.5 Å². The molecule has 0 N–H and O–H groups in total. The van der Waals surface area contributed by atoms with Crippen molar-refractivity contribution in [3.8, 4) is 6.07 Å². The number of aryl methyl sites for hydroxylation is 1. The number of hydrogen-bond acceptors (Lipinski definition) is 1. The molecule has 0 aliphatic carbocycles. The van der Waals surface area contributed by atoms with Crippen LogP contribution in [0.5, 0.6) is 0 Å². The smallest absolute Gasteiger partial charge is 0.0669 e. The van der Waals surface area contributed by atoms with E-state index in [1.54, 1.807) is 0 Å². The van der Waals surface area contributed by atoms with E-state index in [-0.39, 0.29) is 0 Å². The van der Waals surface area contributed by atoms with E-state index in [0.29, 0.717) is 11.4 Å². The van der Waals surface area contributed by atoms with E-state index < -0.39 is 0 Å². The van der Waals surface area contributed by atoms with Gasteiger partial charge in [0, 0.05) is 5.02 Å². The highest BCUT2D eigenvalue weighted by molar-refractivity contribution is 6.30. The van der Waals surface area contributed by atoms with Crippen LogP contribution in [-0.4, -0.2) is 0 Å². The van der Waals surface area contributed by atoms with Crippen molar-refractivity contribution in [2.24, 2.45) is 0 Å². The van der Waals surface area contributed by atoms with Crippen molar-refractivity contribution in [3.05, 3.63) is 34.3 Å². The third-order valence-electron chi connectivity index (χ3n) is 1.82. The van der Waals surface area contributed by atoms with Crippen molar-refractivity contribution in [2.45, 2.75) is 19.8 Å². The van der Waals surface area contributed by atoms with Crippen LogP contribution in [0, 0.1) is 11.3 Å². The zero-order valence-corrected chi connectivity index (χ0v) is 7.73. The summed E-state index contributed by atoms with van der Waals surface area (Å²) in [6.45, 7) is 2.07. The number of nitriles is 1. The predicted molar refractivity (Wildman–Crippen MR) is 50.1 cm³/mol. The molecule has 0 aliphatic rings. The molecule has 0 bridgehead atoms. The molecule has 0 fully saturated rings. The molecule has 0 radical (unpaired) electrons. The van der Waals surface area contributed by atoms with Crippen LogP contribution < -0.4 is 0 Å². The Morgan fingerprint density at radius 2 is 2.17 bits per heavy atom. The Hall–Kier alpha value is -1.00. The van der Waals surface area contributed by atoms with Gasteiger partial charge in [-0.1, -0.05) is 24.6 Å². The minimum absolute atomic E-state index is 0.448. The summed E-state index contributed by atoms with van der Waals surface area (Å²) < 4.78 is 0. The topological polar surface area (TPSA) is 23.8 Å². The van der Waals surface area contributed by atoms with E-state index in [9.17, 15) is 0 Å². The summed E-state index contributed by atoms with van der Waals surface area (Å²) in [5.74, 6) is 0. The average molecular weight is 180 g/mol. The summed E-state index contributed by atoms with van der Waals surface area (Å²) >= 11 is 5.80. The summed E-state index contributed by atoms with van der Waals surface area (Å²) in [6, 6.07) is 7.84. The van der Waals surface area contributed by atoms with Gasteiger partial charge in [0.25, 0.3) is 0 Å². The molecule has 0 heterocycles. The third-order valence-corrected chi connectivity index (χ3v) is 2.05. The van der Waals surface area contributed by atoms with Crippen molar-refractivity contribution in [3.63, 3.8) is 0 Å². The minimum Gasteiger partial charge on any atom is -0.198 e. The molecule has 1 aromatic rings. The molecule has 0 aliphatic heterocycles. The van der Waals surface area contributed by atoms with Crippen LogP contribution >= 0.6 is 11.6 Å². The van der Waals surface area contributed by atoms with Gasteiger partial charge in [-0.3, -0.25) is 0 Å². The molecule has 12 heavy (non-hydrogen) atoms. The van der Waals surface area contributed by atoms with Crippen LogP contribution in [0.15, 0.2) is 18.2 Å². The predicted octanol–water partition coefficient (Wildman–Crippen LogP) is 2.97. The van der Waals surface area contributed by atoms with Crippen molar-refractivity contribution in [2.75, 3.05) is 0 Å². The Labute approximate surface area is 77.6 Å². The lowest BCUT2D eigenvalue weighted by atomic mass is 10.0. The molecule has 62 valence electrons. The summed E-state index contributed by atoms with van der Waals surface area (Å²) in [5.41, 5.74) is 2.26. The lowest BCUT2D eigenvalue weighted by Gasteiger charge is -2.03. The van der Waals surface area contributed by atoms with Crippen LogP contribution in [0.3, 0.4) is 0 Å². The van der Waals surface area contributed by atoms with Crippen LogP contribution in [0.2, 0.25) is 5.02 Å². The molecule has 1 aromatic carbocycles. The van der Waals surface area contributed by atoms with Gasteiger partial charge in [-0.05, 0) is 29.7 Å². The summed E-state index contributed by atoms with van der Waals surface area (Å²) in [5, 5.41) is 9.24. The molecule has 1 rings (SSSR count). The molecule has 2 heteroatoms. The van der Waals surface area contributed by atoms with Crippen LogP contribution in [-0.2, 0) is 12.8 Å². The summed E-state index contributed by atoms with van der Waals surface area (Å²) in [4.78, 5) is 0.